The fourth-order valence-electron chi connectivity index (χ4n) is 5.27. The lowest BCUT2D eigenvalue weighted by atomic mass is 9.65. The van der Waals surface area contributed by atoms with Crippen molar-refractivity contribution in [1.29, 1.82) is 0 Å². The number of cyclic esters (lactones) is 1. The lowest BCUT2D eigenvalue weighted by Crippen LogP contribution is -2.42. The highest BCUT2D eigenvalue weighted by molar-refractivity contribution is 5.72. The summed E-state index contributed by atoms with van der Waals surface area (Å²) in [7, 11) is 0. The molecule has 0 aromatic carbocycles. The van der Waals surface area contributed by atoms with Crippen LogP contribution in [0, 0.1) is 29.6 Å². The largest absolute Gasteiger partial charge is 0.462 e. The van der Waals surface area contributed by atoms with E-state index in [0.29, 0.717) is 37.1 Å². The van der Waals surface area contributed by atoms with Crippen molar-refractivity contribution >= 4 is 11.9 Å². The quantitative estimate of drug-likeness (QED) is 0.615. The van der Waals surface area contributed by atoms with E-state index in [1.165, 1.54) is 5.57 Å². The molecule has 3 N–H and O–H groups in total. The molecular weight excluding hydrogens is 382 g/mol. The minimum absolute atomic E-state index is 0.0888. The molecule has 1 saturated heterocycles. The van der Waals surface area contributed by atoms with Crippen LogP contribution in [0.3, 0.4) is 0 Å². The van der Waals surface area contributed by atoms with E-state index < -0.39 is 6.10 Å². The Morgan fingerprint density at radius 1 is 1.33 bits per heavy atom. The number of allylic oxidation sites excluding steroid dienone is 3. The zero-order chi connectivity index (χ0) is 21.8. The van der Waals surface area contributed by atoms with Crippen LogP contribution in [0.1, 0.15) is 59.3 Å². The molecule has 0 saturated carbocycles. The number of carbonyl (C=O) groups excluding carboxylic acids is 2. The monoisotopic (exact) mass is 419 g/mol. The van der Waals surface area contributed by atoms with Gasteiger partial charge in [-0.25, -0.2) is 0 Å². The molecule has 1 heterocycles. The van der Waals surface area contributed by atoms with Crippen LogP contribution in [0.15, 0.2) is 23.8 Å². The second-order valence-electron chi connectivity index (χ2n) is 9.52. The third kappa shape index (κ3) is 5.52. The van der Waals surface area contributed by atoms with Crippen molar-refractivity contribution < 1.29 is 24.2 Å². The number of aliphatic hydroxyl groups is 1. The van der Waals surface area contributed by atoms with Crippen LogP contribution in [0.2, 0.25) is 0 Å². The summed E-state index contributed by atoms with van der Waals surface area (Å²) < 4.78 is 11.5. The summed E-state index contributed by atoms with van der Waals surface area (Å²) in [6.07, 6.45) is 9.36. The summed E-state index contributed by atoms with van der Waals surface area (Å²) in [6.45, 7) is 6.72. The summed E-state index contributed by atoms with van der Waals surface area (Å²) >= 11 is 0. The van der Waals surface area contributed by atoms with Gasteiger partial charge in [0.1, 0.15) is 12.2 Å². The second-order valence-corrected chi connectivity index (χ2v) is 9.52. The zero-order valence-corrected chi connectivity index (χ0v) is 18.5. The molecule has 0 bridgehead atoms. The normalized spacial score (nSPS) is 37.0. The van der Waals surface area contributed by atoms with E-state index in [4.69, 9.17) is 15.2 Å². The van der Waals surface area contributed by atoms with E-state index >= 15 is 0 Å². The van der Waals surface area contributed by atoms with Crippen LogP contribution in [0.25, 0.3) is 0 Å². The number of fused-ring (bicyclic) bond motifs is 1. The Labute approximate surface area is 179 Å². The van der Waals surface area contributed by atoms with Crippen molar-refractivity contribution in [1.82, 2.24) is 0 Å². The number of esters is 2. The number of aliphatic hydroxyl groups excluding tert-OH is 1. The molecule has 1 aliphatic heterocycles. The van der Waals surface area contributed by atoms with Gasteiger partial charge >= 0.3 is 11.9 Å². The van der Waals surface area contributed by atoms with Crippen LogP contribution in [0.5, 0.6) is 0 Å². The first-order chi connectivity index (χ1) is 14.3. The molecule has 0 amide bonds. The van der Waals surface area contributed by atoms with E-state index in [1.807, 2.05) is 6.92 Å². The molecule has 6 heteroatoms. The number of hydrogen-bond donors (Lipinski definition) is 2. The second kappa shape index (κ2) is 10.1. The van der Waals surface area contributed by atoms with Crippen LogP contribution in [-0.2, 0) is 19.1 Å². The van der Waals surface area contributed by atoms with Gasteiger partial charge in [-0.05, 0) is 55.6 Å². The van der Waals surface area contributed by atoms with Gasteiger partial charge < -0.3 is 20.3 Å². The lowest BCUT2D eigenvalue weighted by Gasteiger charge is -2.43. The summed E-state index contributed by atoms with van der Waals surface area (Å²) in [4.78, 5) is 24.3. The lowest BCUT2D eigenvalue weighted by molar-refractivity contribution is -0.162. The number of nitrogens with two attached hydrogens (primary N) is 1. The molecule has 2 aliphatic carbocycles. The van der Waals surface area contributed by atoms with E-state index in [0.717, 1.165) is 19.3 Å². The third-order valence-electron chi connectivity index (χ3n) is 6.92. The van der Waals surface area contributed by atoms with E-state index in [9.17, 15) is 14.7 Å². The van der Waals surface area contributed by atoms with E-state index in [1.54, 1.807) is 0 Å². The fourth-order valence-corrected chi connectivity index (χ4v) is 5.27. The Hall–Kier alpha value is -1.66. The Balaban J connectivity index is 1.73. The van der Waals surface area contributed by atoms with Crippen LogP contribution in [0.4, 0.5) is 0 Å². The van der Waals surface area contributed by atoms with Crippen molar-refractivity contribution in [3.63, 3.8) is 0 Å². The topological polar surface area (TPSA) is 98.9 Å². The van der Waals surface area contributed by atoms with Gasteiger partial charge in [0.25, 0.3) is 0 Å². The van der Waals surface area contributed by atoms with Crippen molar-refractivity contribution in [2.45, 2.75) is 77.6 Å². The molecule has 30 heavy (non-hydrogen) atoms. The van der Waals surface area contributed by atoms with Gasteiger partial charge in [0, 0.05) is 12.3 Å². The first-order valence-corrected chi connectivity index (χ1v) is 11.5. The third-order valence-corrected chi connectivity index (χ3v) is 6.92. The highest BCUT2D eigenvalue weighted by Crippen LogP contribution is 2.45. The molecule has 0 aromatic rings. The minimum atomic E-state index is -0.608. The first kappa shape index (κ1) is 23.0. The van der Waals surface area contributed by atoms with E-state index in [-0.39, 0.29) is 42.4 Å². The molecule has 0 aromatic heterocycles. The maximum atomic E-state index is 12.6. The molecule has 3 rings (SSSR count). The predicted molar refractivity (Wildman–Crippen MR) is 114 cm³/mol. The van der Waals surface area contributed by atoms with Crippen molar-refractivity contribution in [3.8, 4) is 0 Å². The zero-order valence-electron chi connectivity index (χ0n) is 18.5. The molecule has 168 valence electrons. The maximum Gasteiger partial charge on any atom is 0.308 e. The molecule has 8 atom stereocenters. The highest BCUT2D eigenvalue weighted by atomic mass is 16.5. The average molecular weight is 420 g/mol. The Kier molecular flexibility index (Phi) is 7.75. The molecular formula is C24H37NO5. The maximum absolute atomic E-state index is 12.6. The smallest absolute Gasteiger partial charge is 0.308 e. The summed E-state index contributed by atoms with van der Waals surface area (Å²) in [5.74, 6) is 0.471. The first-order valence-electron chi connectivity index (χ1n) is 11.5. The molecule has 0 radical (unpaired) electrons. The summed E-state index contributed by atoms with van der Waals surface area (Å²) in [6, 6.07) is 0. The Morgan fingerprint density at radius 3 is 2.80 bits per heavy atom. The molecule has 0 spiro atoms. The summed E-state index contributed by atoms with van der Waals surface area (Å²) in [5.41, 5.74) is 6.87. The average Bonchev–Trinajstić information content (AvgIpc) is 2.66. The van der Waals surface area contributed by atoms with Crippen molar-refractivity contribution in [2.75, 3.05) is 6.54 Å². The van der Waals surface area contributed by atoms with Crippen molar-refractivity contribution in [2.24, 2.45) is 35.3 Å². The molecule has 3 aliphatic rings. The van der Waals surface area contributed by atoms with Crippen LogP contribution < -0.4 is 5.73 Å². The van der Waals surface area contributed by atoms with Gasteiger partial charge in [-0.15, -0.1) is 0 Å². The van der Waals surface area contributed by atoms with Gasteiger partial charge in [-0.3, -0.25) is 9.59 Å². The molecule has 1 unspecified atom stereocenters. The van der Waals surface area contributed by atoms with Crippen LogP contribution >= 0.6 is 0 Å². The molecule has 1 fully saturated rings. The van der Waals surface area contributed by atoms with E-state index in [2.05, 4.69) is 32.1 Å². The van der Waals surface area contributed by atoms with Gasteiger partial charge in [0.05, 0.1) is 18.4 Å². The number of hydrogen-bond acceptors (Lipinski definition) is 6. The predicted octanol–water partition coefficient (Wildman–Crippen LogP) is 3.13. The number of rotatable bonds is 7. The minimum Gasteiger partial charge on any atom is -0.462 e. The number of carbonyl (C=O) groups is 2. The van der Waals surface area contributed by atoms with Crippen LogP contribution in [-0.4, -0.2) is 41.9 Å². The van der Waals surface area contributed by atoms with Crippen molar-refractivity contribution in [3.05, 3.63) is 23.8 Å². The summed E-state index contributed by atoms with van der Waals surface area (Å²) in [5, 5.41) is 9.90. The van der Waals surface area contributed by atoms with Gasteiger partial charge in [-0.1, -0.05) is 39.0 Å². The standard InChI is InChI=1S/C24H37NO5/c1-14-10-17-5-4-15(2)20(7-6-19-12-18(26)13-22(27)29-19)23(17)21(11-14)30-24(28)16(3)8-9-25/h4-5,10,14-16,18-21,23,26H,6-9,11-13,25H2,1-3H3/t14-,15-,16-,18-,19?,20-,21+,23-/m1/s1. The highest BCUT2D eigenvalue weighted by Gasteiger charge is 2.42. The SMILES string of the molecule is C[C@@H]1C=C2C=C[C@@H](C)[C@@H](CCC3C[C@@H](O)CC(=O)O3)[C@@H]2[C@@H](OC(=O)[C@H](C)CCN)C1. The van der Waals surface area contributed by atoms with Gasteiger partial charge in [0.2, 0.25) is 0 Å². The Morgan fingerprint density at radius 2 is 2.10 bits per heavy atom. The molecule has 6 nitrogen and oxygen atoms in total. The Bertz CT molecular complexity index is 687. The van der Waals surface area contributed by atoms with Gasteiger partial charge in [0.15, 0.2) is 0 Å². The van der Waals surface area contributed by atoms with Gasteiger partial charge in [-0.2, -0.15) is 0 Å². The number of ether oxygens (including phenoxy) is 2. The fraction of sp³-hybridized carbons (Fsp3) is 0.750.